The Morgan fingerprint density at radius 2 is 1.39 bits per heavy atom. The molecule has 0 aromatic heterocycles. The van der Waals surface area contributed by atoms with Gasteiger partial charge in [-0.3, -0.25) is 9.69 Å². The molecule has 0 saturated heterocycles. The fourth-order valence-corrected chi connectivity index (χ4v) is 2.18. The summed E-state index contributed by atoms with van der Waals surface area (Å²) in [7, 11) is 3.37. The molecule has 0 atom stereocenters. The second kappa shape index (κ2) is 7.40. The normalized spacial score (nSPS) is 11.0. The number of amides is 2. The lowest BCUT2D eigenvalue weighted by Crippen LogP contribution is -2.38. The van der Waals surface area contributed by atoms with Crippen LogP contribution in [-0.2, 0) is 0 Å². The summed E-state index contributed by atoms with van der Waals surface area (Å²) in [5.74, 6) is -0.129. The Morgan fingerprint density at radius 3 is 1.91 bits per heavy atom. The number of hydrogen-bond donors (Lipinski definition) is 0. The van der Waals surface area contributed by atoms with Gasteiger partial charge in [0.15, 0.2) is 5.78 Å². The van der Waals surface area contributed by atoms with E-state index in [-0.39, 0.29) is 11.8 Å². The topological polar surface area (TPSA) is 40.6 Å². The summed E-state index contributed by atoms with van der Waals surface area (Å²) < 4.78 is 0. The highest BCUT2D eigenvalue weighted by atomic mass is 16.2. The van der Waals surface area contributed by atoms with Crippen LogP contribution in [0.25, 0.3) is 0 Å². The van der Waals surface area contributed by atoms with Gasteiger partial charge in [0.05, 0.1) is 5.69 Å². The number of allylic oxidation sites excluding steroid dienone is 2. The van der Waals surface area contributed by atoms with Gasteiger partial charge in [0, 0.05) is 31.4 Å². The number of ketones is 1. The van der Waals surface area contributed by atoms with Gasteiger partial charge in [-0.2, -0.15) is 0 Å². The van der Waals surface area contributed by atoms with Crippen LogP contribution in [0.1, 0.15) is 17.3 Å². The lowest BCUT2D eigenvalue weighted by molar-refractivity contribution is 0.104. The maximum Gasteiger partial charge on any atom is 0.328 e. The number of hydrogen-bond acceptors (Lipinski definition) is 2. The fraction of sp³-hybridized carbons (Fsp3) is 0.158. The van der Waals surface area contributed by atoms with Crippen LogP contribution in [0, 0.1) is 0 Å². The average molecular weight is 308 g/mol. The Labute approximate surface area is 136 Å². The summed E-state index contributed by atoms with van der Waals surface area (Å²) in [6.07, 6.45) is 1.49. The van der Waals surface area contributed by atoms with Crippen LogP contribution in [-0.4, -0.2) is 30.8 Å². The maximum absolute atomic E-state index is 12.5. The third-order valence-corrected chi connectivity index (χ3v) is 3.34. The molecule has 0 aliphatic carbocycles. The largest absolute Gasteiger partial charge is 0.330 e. The van der Waals surface area contributed by atoms with Crippen molar-refractivity contribution in [1.29, 1.82) is 0 Å². The minimum atomic E-state index is -0.203. The van der Waals surface area contributed by atoms with Crippen LogP contribution in [0.2, 0.25) is 0 Å². The number of para-hydroxylation sites is 1. The number of carbonyl (C=O) groups is 2. The molecule has 23 heavy (non-hydrogen) atoms. The number of anilines is 1. The van der Waals surface area contributed by atoms with Gasteiger partial charge in [-0.15, -0.1) is 0 Å². The van der Waals surface area contributed by atoms with Gasteiger partial charge in [-0.1, -0.05) is 48.5 Å². The summed E-state index contributed by atoms with van der Waals surface area (Å²) in [6.45, 7) is 1.76. The first-order chi connectivity index (χ1) is 11.0. The molecule has 4 heteroatoms. The van der Waals surface area contributed by atoms with Crippen molar-refractivity contribution in [3.8, 4) is 0 Å². The third-order valence-electron chi connectivity index (χ3n) is 3.34. The monoisotopic (exact) mass is 308 g/mol. The Bertz CT molecular complexity index is 707. The molecule has 0 spiro atoms. The van der Waals surface area contributed by atoms with Crippen LogP contribution in [0.5, 0.6) is 0 Å². The molecule has 2 amide bonds. The van der Waals surface area contributed by atoms with E-state index in [1.54, 1.807) is 33.2 Å². The van der Waals surface area contributed by atoms with E-state index in [9.17, 15) is 9.59 Å². The van der Waals surface area contributed by atoms with E-state index in [0.717, 1.165) is 5.69 Å². The van der Waals surface area contributed by atoms with Gasteiger partial charge in [-0.25, -0.2) is 4.79 Å². The Hall–Kier alpha value is -2.88. The van der Waals surface area contributed by atoms with Crippen molar-refractivity contribution in [2.24, 2.45) is 0 Å². The standard InChI is InChI=1S/C19H20N2O2/c1-15(14-18(22)16-10-6-4-7-11-16)21(19(23)20(2)3)17-12-8-5-9-13-17/h4-14H,1-3H3/b15-14+. The van der Waals surface area contributed by atoms with E-state index >= 15 is 0 Å². The first kappa shape index (κ1) is 16.5. The highest BCUT2D eigenvalue weighted by Crippen LogP contribution is 2.20. The van der Waals surface area contributed by atoms with Gasteiger partial charge in [-0.05, 0) is 19.1 Å². The van der Waals surface area contributed by atoms with Crippen molar-refractivity contribution in [2.45, 2.75) is 6.92 Å². The minimum absolute atomic E-state index is 0.129. The third kappa shape index (κ3) is 4.07. The van der Waals surface area contributed by atoms with Crippen LogP contribution in [0.4, 0.5) is 10.5 Å². The Kier molecular flexibility index (Phi) is 5.31. The summed E-state index contributed by atoms with van der Waals surface area (Å²) in [5, 5.41) is 0. The lowest BCUT2D eigenvalue weighted by Gasteiger charge is -2.26. The van der Waals surface area contributed by atoms with Gasteiger partial charge < -0.3 is 4.90 Å². The molecular formula is C19H20N2O2. The van der Waals surface area contributed by atoms with Gasteiger partial charge in [0.2, 0.25) is 0 Å². The summed E-state index contributed by atoms with van der Waals surface area (Å²) >= 11 is 0. The zero-order valence-corrected chi connectivity index (χ0v) is 13.6. The van der Waals surface area contributed by atoms with E-state index in [1.165, 1.54) is 15.9 Å². The highest BCUT2D eigenvalue weighted by Gasteiger charge is 2.20. The molecule has 0 radical (unpaired) electrons. The predicted molar refractivity (Wildman–Crippen MR) is 92.5 cm³/mol. The zero-order valence-electron chi connectivity index (χ0n) is 13.6. The predicted octanol–water partition coefficient (Wildman–Crippen LogP) is 3.96. The molecule has 2 rings (SSSR count). The number of nitrogens with zero attached hydrogens (tertiary/aromatic N) is 2. The molecule has 0 aliphatic rings. The quantitative estimate of drug-likeness (QED) is 0.633. The van der Waals surface area contributed by atoms with Crippen molar-refractivity contribution in [3.05, 3.63) is 78.0 Å². The van der Waals surface area contributed by atoms with E-state index in [1.807, 2.05) is 48.5 Å². The highest BCUT2D eigenvalue weighted by molar-refractivity contribution is 6.06. The zero-order chi connectivity index (χ0) is 16.8. The van der Waals surface area contributed by atoms with E-state index < -0.39 is 0 Å². The smallest absolute Gasteiger partial charge is 0.328 e. The molecular weight excluding hydrogens is 288 g/mol. The second-order valence-electron chi connectivity index (χ2n) is 5.36. The molecule has 0 saturated carbocycles. The van der Waals surface area contributed by atoms with E-state index in [2.05, 4.69) is 0 Å². The summed E-state index contributed by atoms with van der Waals surface area (Å²) in [5.41, 5.74) is 1.89. The lowest BCUT2D eigenvalue weighted by atomic mass is 10.1. The van der Waals surface area contributed by atoms with Crippen LogP contribution < -0.4 is 4.90 Å². The minimum Gasteiger partial charge on any atom is -0.330 e. The molecule has 0 heterocycles. The number of urea groups is 1. The Morgan fingerprint density at radius 1 is 0.870 bits per heavy atom. The van der Waals surface area contributed by atoms with Crippen molar-refractivity contribution in [2.75, 3.05) is 19.0 Å². The first-order valence-corrected chi connectivity index (χ1v) is 7.35. The molecule has 0 unspecified atom stereocenters. The maximum atomic E-state index is 12.5. The van der Waals surface area contributed by atoms with Crippen LogP contribution in [0.3, 0.4) is 0 Å². The molecule has 0 aliphatic heterocycles. The van der Waals surface area contributed by atoms with Gasteiger partial charge in [0.1, 0.15) is 0 Å². The molecule has 2 aromatic rings. The molecule has 4 nitrogen and oxygen atoms in total. The number of carbonyl (C=O) groups excluding carboxylic acids is 2. The van der Waals surface area contributed by atoms with Gasteiger partial charge >= 0.3 is 6.03 Å². The molecule has 0 N–H and O–H groups in total. The molecule has 2 aromatic carbocycles. The van der Waals surface area contributed by atoms with Gasteiger partial charge in [0.25, 0.3) is 0 Å². The average Bonchev–Trinajstić information content (AvgIpc) is 2.56. The van der Waals surface area contributed by atoms with E-state index in [0.29, 0.717) is 11.3 Å². The Balaban J connectivity index is 2.37. The number of benzene rings is 2. The fourth-order valence-electron chi connectivity index (χ4n) is 2.18. The van der Waals surface area contributed by atoms with Crippen LogP contribution >= 0.6 is 0 Å². The molecule has 0 fully saturated rings. The van der Waals surface area contributed by atoms with Crippen molar-refractivity contribution >= 4 is 17.5 Å². The summed E-state index contributed by atoms with van der Waals surface area (Å²) in [6, 6.07) is 18.1. The second-order valence-corrected chi connectivity index (χ2v) is 5.36. The van der Waals surface area contributed by atoms with Crippen molar-refractivity contribution in [1.82, 2.24) is 4.90 Å². The first-order valence-electron chi connectivity index (χ1n) is 7.35. The molecule has 0 bridgehead atoms. The van der Waals surface area contributed by atoms with E-state index in [4.69, 9.17) is 0 Å². The van der Waals surface area contributed by atoms with Crippen molar-refractivity contribution < 1.29 is 9.59 Å². The summed E-state index contributed by atoms with van der Waals surface area (Å²) in [4.78, 5) is 27.9. The van der Waals surface area contributed by atoms with Crippen LogP contribution in [0.15, 0.2) is 72.4 Å². The SMILES string of the molecule is C/C(=C\C(=O)c1ccccc1)N(C(=O)N(C)C)c1ccccc1. The number of rotatable bonds is 4. The van der Waals surface area contributed by atoms with Crippen molar-refractivity contribution in [3.63, 3.8) is 0 Å². The molecule has 118 valence electrons.